The molecule has 2 aliphatic rings. The van der Waals surface area contributed by atoms with Crippen molar-refractivity contribution < 1.29 is 24.2 Å². The summed E-state index contributed by atoms with van der Waals surface area (Å²) in [5, 5.41) is 10.7. The lowest BCUT2D eigenvalue weighted by Crippen LogP contribution is -2.31. The number of nitrogens with zero attached hydrogens (tertiary/aromatic N) is 1. The van der Waals surface area contributed by atoms with Crippen LogP contribution >= 0.6 is 15.9 Å². The van der Waals surface area contributed by atoms with Gasteiger partial charge in [0.05, 0.1) is 25.8 Å². The van der Waals surface area contributed by atoms with E-state index in [-0.39, 0.29) is 17.3 Å². The molecule has 1 aliphatic heterocycles. The van der Waals surface area contributed by atoms with Crippen molar-refractivity contribution in [3.63, 3.8) is 0 Å². The van der Waals surface area contributed by atoms with Gasteiger partial charge >= 0.3 is 0 Å². The molecule has 1 heterocycles. The molecule has 2 aromatic rings. The molecule has 0 aromatic heterocycles. The summed E-state index contributed by atoms with van der Waals surface area (Å²) in [6, 6.07) is 11.7. The van der Waals surface area contributed by atoms with E-state index in [0.717, 1.165) is 17.3 Å². The van der Waals surface area contributed by atoms with Crippen molar-refractivity contribution in [2.24, 2.45) is 5.92 Å². The molecule has 4 rings (SSSR count). The van der Waals surface area contributed by atoms with Gasteiger partial charge in [0.25, 0.3) is 5.91 Å². The number of halogens is 1. The van der Waals surface area contributed by atoms with Crippen molar-refractivity contribution in [2.75, 3.05) is 19.1 Å². The van der Waals surface area contributed by atoms with E-state index in [4.69, 9.17) is 9.47 Å². The topological polar surface area (TPSA) is 76.1 Å². The van der Waals surface area contributed by atoms with Crippen LogP contribution in [0.4, 0.5) is 5.69 Å². The number of ketones is 1. The highest BCUT2D eigenvalue weighted by molar-refractivity contribution is 9.10. The van der Waals surface area contributed by atoms with Crippen LogP contribution in [0, 0.1) is 5.92 Å². The first-order valence-electron chi connectivity index (χ1n) is 9.25. The number of hydrogen-bond acceptors (Lipinski definition) is 5. The average molecular weight is 458 g/mol. The van der Waals surface area contributed by atoms with E-state index < -0.39 is 17.7 Å². The molecule has 0 saturated heterocycles. The van der Waals surface area contributed by atoms with Gasteiger partial charge in [-0.2, -0.15) is 0 Å². The van der Waals surface area contributed by atoms with E-state index in [1.807, 2.05) is 6.07 Å². The van der Waals surface area contributed by atoms with E-state index in [1.54, 1.807) is 36.4 Å². The number of carbonyl (C=O) groups excluding carboxylic acids is 2. The van der Waals surface area contributed by atoms with Gasteiger partial charge in [0.1, 0.15) is 0 Å². The van der Waals surface area contributed by atoms with Crippen LogP contribution in [0.15, 0.2) is 58.3 Å². The van der Waals surface area contributed by atoms with Gasteiger partial charge in [0.2, 0.25) is 0 Å². The van der Waals surface area contributed by atoms with E-state index in [9.17, 15) is 14.7 Å². The van der Waals surface area contributed by atoms with Crippen molar-refractivity contribution in [2.45, 2.75) is 18.9 Å². The van der Waals surface area contributed by atoms with Crippen molar-refractivity contribution in [1.82, 2.24) is 0 Å². The van der Waals surface area contributed by atoms with Crippen LogP contribution in [0.1, 0.15) is 24.4 Å². The summed E-state index contributed by atoms with van der Waals surface area (Å²) < 4.78 is 11.8. The van der Waals surface area contributed by atoms with Gasteiger partial charge in [-0.3, -0.25) is 14.5 Å². The highest BCUT2D eigenvalue weighted by Crippen LogP contribution is 2.49. The SMILES string of the molecule is COc1cccc([C@H]2C(C(=O)C3CC3)=C(O)C(=O)N2c2cccc(Br)c2)c1OC. The molecular formula is C22H20BrNO5. The molecule has 1 atom stereocenters. The Hall–Kier alpha value is -2.80. The molecule has 0 unspecified atom stereocenters. The Kier molecular flexibility index (Phi) is 5.08. The van der Waals surface area contributed by atoms with Gasteiger partial charge in [-0.1, -0.05) is 34.1 Å². The Bertz CT molecular complexity index is 1030. The first-order valence-corrected chi connectivity index (χ1v) is 10.0. The number of methoxy groups -OCH3 is 2. The molecule has 0 bridgehead atoms. The largest absolute Gasteiger partial charge is 0.503 e. The third-order valence-electron chi connectivity index (χ3n) is 5.24. The number of ether oxygens (including phenoxy) is 2. The van der Waals surface area contributed by atoms with Gasteiger partial charge in [0.15, 0.2) is 23.0 Å². The third kappa shape index (κ3) is 3.29. The number of carbonyl (C=O) groups is 2. The Morgan fingerprint density at radius 3 is 2.48 bits per heavy atom. The lowest BCUT2D eigenvalue weighted by atomic mass is 9.93. The molecule has 2 aromatic carbocycles. The minimum Gasteiger partial charge on any atom is -0.503 e. The summed E-state index contributed by atoms with van der Waals surface area (Å²) in [6.07, 6.45) is 1.53. The average Bonchev–Trinajstić information content (AvgIpc) is 3.53. The van der Waals surface area contributed by atoms with E-state index >= 15 is 0 Å². The van der Waals surface area contributed by atoms with Gasteiger partial charge < -0.3 is 14.6 Å². The summed E-state index contributed by atoms with van der Waals surface area (Å²) in [7, 11) is 3.03. The minimum absolute atomic E-state index is 0.115. The summed E-state index contributed by atoms with van der Waals surface area (Å²) in [6.45, 7) is 0. The van der Waals surface area contributed by atoms with Crippen LogP contribution in [0.25, 0.3) is 0 Å². The van der Waals surface area contributed by atoms with Gasteiger partial charge in [-0.25, -0.2) is 0 Å². The van der Waals surface area contributed by atoms with Gasteiger partial charge in [0, 0.05) is 21.6 Å². The zero-order valence-corrected chi connectivity index (χ0v) is 17.6. The quantitative estimate of drug-likeness (QED) is 0.697. The van der Waals surface area contributed by atoms with Crippen molar-refractivity contribution >= 4 is 33.3 Å². The Morgan fingerprint density at radius 1 is 1.14 bits per heavy atom. The maximum Gasteiger partial charge on any atom is 0.294 e. The summed E-state index contributed by atoms with van der Waals surface area (Å²) in [4.78, 5) is 27.6. The molecular weight excluding hydrogens is 438 g/mol. The number of anilines is 1. The predicted molar refractivity (Wildman–Crippen MR) is 111 cm³/mol. The fourth-order valence-electron chi connectivity index (χ4n) is 3.74. The lowest BCUT2D eigenvalue weighted by molar-refractivity contribution is -0.118. The number of para-hydroxylation sites is 1. The highest BCUT2D eigenvalue weighted by atomic mass is 79.9. The monoisotopic (exact) mass is 457 g/mol. The molecule has 29 heavy (non-hydrogen) atoms. The maximum atomic E-state index is 13.1. The molecule has 0 radical (unpaired) electrons. The first kappa shape index (κ1) is 19.5. The highest BCUT2D eigenvalue weighted by Gasteiger charge is 2.48. The lowest BCUT2D eigenvalue weighted by Gasteiger charge is -2.28. The fourth-order valence-corrected chi connectivity index (χ4v) is 4.12. The van der Waals surface area contributed by atoms with Crippen molar-refractivity contribution in [1.29, 1.82) is 0 Å². The zero-order chi connectivity index (χ0) is 20.7. The van der Waals surface area contributed by atoms with Crippen molar-refractivity contribution in [3.05, 3.63) is 63.8 Å². The molecule has 6 nitrogen and oxygen atoms in total. The van der Waals surface area contributed by atoms with E-state index in [0.29, 0.717) is 22.7 Å². The number of aliphatic hydroxyl groups is 1. The number of rotatable bonds is 6. The number of aliphatic hydroxyl groups excluding tert-OH is 1. The van der Waals surface area contributed by atoms with Crippen LogP contribution in [0.3, 0.4) is 0 Å². The third-order valence-corrected chi connectivity index (χ3v) is 5.73. The van der Waals surface area contributed by atoms with E-state index in [1.165, 1.54) is 19.1 Å². The Morgan fingerprint density at radius 2 is 1.86 bits per heavy atom. The van der Waals surface area contributed by atoms with Crippen LogP contribution < -0.4 is 14.4 Å². The molecule has 150 valence electrons. The molecule has 0 spiro atoms. The van der Waals surface area contributed by atoms with Crippen LogP contribution in [0.5, 0.6) is 11.5 Å². The number of amides is 1. The predicted octanol–water partition coefficient (Wildman–Crippen LogP) is 4.35. The zero-order valence-electron chi connectivity index (χ0n) is 16.0. The standard InChI is InChI=1S/C22H20BrNO5/c1-28-16-8-4-7-15(21(16)29-2)18-17(19(25)12-9-10-12)20(26)22(27)24(18)14-6-3-5-13(23)11-14/h3-8,11-12,18,26H,9-10H2,1-2H3/t18-/m0/s1. The molecule has 1 saturated carbocycles. The second-order valence-corrected chi connectivity index (χ2v) is 7.96. The first-order chi connectivity index (χ1) is 14.0. The summed E-state index contributed by atoms with van der Waals surface area (Å²) >= 11 is 3.42. The van der Waals surface area contributed by atoms with E-state index in [2.05, 4.69) is 15.9 Å². The van der Waals surface area contributed by atoms with Crippen LogP contribution in [-0.2, 0) is 9.59 Å². The molecule has 1 fully saturated rings. The van der Waals surface area contributed by atoms with Gasteiger partial charge in [-0.15, -0.1) is 0 Å². The summed E-state index contributed by atoms with van der Waals surface area (Å²) in [5.74, 6) is -0.553. The van der Waals surface area contributed by atoms with Gasteiger partial charge in [-0.05, 0) is 37.1 Å². The Balaban J connectivity index is 1.93. The normalized spacial score (nSPS) is 18.9. The number of benzene rings is 2. The second-order valence-electron chi connectivity index (χ2n) is 7.04. The smallest absolute Gasteiger partial charge is 0.294 e. The van der Waals surface area contributed by atoms with Crippen LogP contribution in [-0.4, -0.2) is 31.0 Å². The van der Waals surface area contributed by atoms with Crippen LogP contribution in [0.2, 0.25) is 0 Å². The Labute approximate surface area is 176 Å². The molecule has 1 aliphatic carbocycles. The fraction of sp³-hybridized carbons (Fsp3) is 0.273. The number of Topliss-reactive ketones (excluding diaryl/α,β-unsaturated/α-hetero) is 1. The second kappa shape index (κ2) is 7.55. The molecule has 7 heteroatoms. The molecule has 1 amide bonds. The maximum absolute atomic E-state index is 13.1. The minimum atomic E-state index is -0.810. The van der Waals surface area contributed by atoms with Crippen molar-refractivity contribution in [3.8, 4) is 11.5 Å². The number of hydrogen-bond donors (Lipinski definition) is 1. The molecule has 1 N–H and O–H groups in total. The summed E-state index contributed by atoms with van der Waals surface area (Å²) in [5.41, 5.74) is 1.25.